The van der Waals surface area contributed by atoms with E-state index in [1.165, 1.54) is 16.0 Å². The third-order valence-corrected chi connectivity index (χ3v) is 5.04. The first-order valence-corrected chi connectivity index (χ1v) is 8.06. The summed E-state index contributed by atoms with van der Waals surface area (Å²) >= 11 is 4.64. The lowest BCUT2D eigenvalue weighted by Gasteiger charge is -2.09. The van der Waals surface area contributed by atoms with Crippen molar-refractivity contribution in [3.63, 3.8) is 0 Å². The van der Waals surface area contributed by atoms with Crippen LogP contribution in [0.15, 0.2) is 26.4 Å². The lowest BCUT2D eigenvalue weighted by molar-refractivity contribution is 0.144. The molecule has 0 saturated heterocycles. The van der Waals surface area contributed by atoms with Crippen molar-refractivity contribution in [1.82, 2.24) is 20.0 Å². The van der Waals surface area contributed by atoms with E-state index in [0.29, 0.717) is 21.9 Å². The molecule has 22 heavy (non-hydrogen) atoms. The molecule has 3 aromatic heterocycles. The number of alkyl halides is 2. The molecule has 0 amide bonds. The molecule has 0 aromatic carbocycles. The van der Waals surface area contributed by atoms with Crippen LogP contribution in [-0.2, 0) is 0 Å². The largest absolute Gasteiger partial charge is 0.418 e. The molecule has 116 valence electrons. The van der Waals surface area contributed by atoms with Crippen molar-refractivity contribution in [2.75, 3.05) is 0 Å². The first-order chi connectivity index (χ1) is 10.5. The summed E-state index contributed by atoms with van der Waals surface area (Å²) in [7, 11) is 0. The Morgan fingerprint density at radius 3 is 2.73 bits per heavy atom. The van der Waals surface area contributed by atoms with Gasteiger partial charge in [-0.15, -0.1) is 21.5 Å². The van der Waals surface area contributed by atoms with Gasteiger partial charge < -0.3 is 4.42 Å². The summed E-state index contributed by atoms with van der Waals surface area (Å²) in [6.07, 6.45) is -2.65. The van der Waals surface area contributed by atoms with E-state index in [2.05, 4.69) is 31.2 Å². The van der Waals surface area contributed by atoms with Gasteiger partial charge in [0.05, 0.1) is 15.0 Å². The third kappa shape index (κ3) is 2.58. The average Bonchev–Trinajstić information content (AvgIpc) is 3.19. The minimum Gasteiger partial charge on any atom is -0.418 e. The van der Waals surface area contributed by atoms with E-state index in [-0.39, 0.29) is 5.69 Å². The number of nitrogens with zero attached hydrogens (tertiary/aromatic N) is 4. The van der Waals surface area contributed by atoms with E-state index in [4.69, 9.17) is 4.42 Å². The van der Waals surface area contributed by atoms with Crippen LogP contribution in [0.1, 0.15) is 36.7 Å². The zero-order chi connectivity index (χ0) is 15.9. The first kappa shape index (κ1) is 15.3. The topological polar surface area (TPSA) is 56.7 Å². The molecule has 5 nitrogen and oxygen atoms in total. The Kier molecular flexibility index (Phi) is 4.09. The molecule has 1 atom stereocenters. The molecular formula is C13H11BrF2N4OS. The highest BCUT2D eigenvalue weighted by Gasteiger charge is 2.25. The number of aromatic nitrogens is 4. The Morgan fingerprint density at radius 2 is 2.14 bits per heavy atom. The van der Waals surface area contributed by atoms with E-state index >= 15 is 0 Å². The van der Waals surface area contributed by atoms with Gasteiger partial charge in [-0.2, -0.15) is 5.10 Å². The highest BCUT2D eigenvalue weighted by Crippen LogP contribution is 2.32. The third-order valence-electron chi connectivity index (χ3n) is 3.21. The summed E-state index contributed by atoms with van der Waals surface area (Å²) in [6.45, 7) is 3.48. The monoisotopic (exact) mass is 388 g/mol. The lowest BCUT2D eigenvalue weighted by atomic mass is 10.3. The summed E-state index contributed by atoms with van der Waals surface area (Å²) in [5.74, 6) is 0.733. The van der Waals surface area contributed by atoms with Crippen molar-refractivity contribution >= 4 is 27.3 Å². The second kappa shape index (κ2) is 5.88. The second-order valence-electron chi connectivity index (χ2n) is 4.63. The van der Waals surface area contributed by atoms with Gasteiger partial charge in [0.25, 0.3) is 12.3 Å². The van der Waals surface area contributed by atoms with Crippen LogP contribution in [0.5, 0.6) is 0 Å². The molecule has 3 aromatic rings. The summed E-state index contributed by atoms with van der Waals surface area (Å²) in [5, 5.41) is 13.9. The fourth-order valence-corrected chi connectivity index (χ4v) is 3.12. The quantitative estimate of drug-likeness (QED) is 0.654. The molecule has 0 fully saturated rings. The maximum atomic E-state index is 12.9. The van der Waals surface area contributed by atoms with Crippen LogP contribution in [-0.4, -0.2) is 20.0 Å². The van der Waals surface area contributed by atoms with Crippen molar-refractivity contribution in [2.45, 2.75) is 26.3 Å². The fraction of sp³-hybridized carbons (Fsp3) is 0.308. The van der Waals surface area contributed by atoms with Gasteiger partial charge in [-0.05, 0) is 41.2 Å². The van der Waals surface area contributed by atoms with Gasteiger partial charge in [-0.25, -0.2) is 8.78 Å². The molecule has 0 spiro atoms. The first-order valence-electron chi connectivity index (χ1n) is 6.39. The minimum absolute atomic E-state index is 0.289. The zero-order valence-corrected chi connectivity index (χ0v) is 14.0. The summed E-state index contributed by atoms with van der Waals surface area (Å²) in [4.78, 5) is 0.859. The predicted molar refractivity (Wildman–Crippen MR) is 81.0 cm³/mol. The number of rotatable bonds is 4. The van der Waals surface area contributed by atoms with Gasteiger partial charge in [-0.3, -0.25) is 4.68 Å². The molecule has 9 heteroatoms. The van der Waals surface area contributed by atoms with Crippen LogP contribution in [0.25, 0.3) is 10.8 Å². The molecule has 0 aliphatic carbocycles. The van der Waals surface area contributed by atoms with E-state index in [9.17, 15) is 8.78 Å². The van der Waals surface area contributed by atoms with Crippen molar-refractivity contribution in [3.8, 4) is 10.8 Å². The molecule has 0 unspecified atom stereocenters. The number of halogens is 3. The molecule has 0 aliphatic rings. The van der Waals surface area contributed by atoms with Gasteiger partial charge in [0.2, 0.25) is 5.89 Å². The molecule has 0 saturated carbocycles. The summed E-state index contributed by atoms with van der Waals surface area (Å²) < 4.78 is 33.2. The van der Waals surface area contributed by atoms with Crippen LogP contribution < -0.4 is 0 Å². The zero-order valence-electron chi connectivity index (χ0n) is 11.6. The Hall–Kier alpha value is -1.61. The summed E-state index contributed by atoms with van der Waals surface area (Å²) in [5.41, 5.74) is 0.293. The minimum atomic E-state index is -2.65. The van der Waals surface area contributed by atoms with Crippen molar-refractivity contribution in [2.24, 2.45) is 0 Å². The Labute approximate surface area is 137 Å². The van der Waals surface area contributed by atoms with Gasteiger partial charge in [0.1, 0.15) is 11.7 Å². The van der Waals surface area contributed by atoms with E-state index in [1.54, 1.807) is 13.8 Å². The van der Waals surface area contributed by atoms with Crippen molar-refractivity contribution < 1.29 is 13.2 Å². The molecule has 0 N–H and O–H groups in total. The second-order valence-corrected chi connectivity index (χ2v) is 6.37. The maximum Gasteiger partial charge on any atom is 0.283 e. The van der Waals surface area contributed by atoms with E-state index in [1.807, 2.05) is 17.5 Å². The molecule has 3 rings (SSSR count). The van der Waals surface area contributed by atoms with Crippen molar-refractivity contribution in [1.29, 1.82) is 0 Å². The highest BCUT2D eigenvalue weighted by atomic mass is 79.9. The standard InChI is InChI=1S/C13H11BrF2N4OS/c1-6-9(14)10(11(15)16)19-20(6)7(2)12-17-18-13(21-12)8-4-3-5-22-8/h3-5,7,11H,1-2H3/t7-/m1/s1. The predicted octanol–water partition coefficient (Wildman–Crippen LogP) is 4.61. The Balaban J connectivity index is 1.95. The number of thiophene rings is 1. The van der Waals surface area contributed by atoms with Crippen LogP contribution in [0.4, 0.5) is 8.78 Å². The van der Waals surface area contributed by atoms with Gasteiger partial charge in [0.15, 0.2) is 0 Å². The van der Waals surface area contributed by atoms with Crippen molar-refractivity contribution in [3.05, 3.63) is 39.3 Å². The SMILES string of the molecule is Cc1c(Br)c(C(F)F)nn1[C@H](C)c1nnc(-c2cccs2)o1. The summed E-state index contributed by atoms with van der Waals surface area (Å²) in [6, 6.07) is 3.32. The van der Waals surface area contributed by atoms with Gasteiger partial charge in [-0.1, -0.05) is 6.07 Å². The van der Waals surface area contributed by atoms with Gasteiger partial charge in [0, 0.05) is 0 Å². The molecular weight excluding hydrogens is 378 g/mol. The fourth-order valence-electron chi connectivity index (χ4n) is 2.05. The van der Waals surface area contributed by atoms with Crippen LogP contribution in [0.3, 0.4) is 0 Å². The van der Waals surface area contributed by atoms with Crippen LogP contribution in [0, 0.1) is 6.92 Å². The number of hydrogen-bond acceptors (Lipinski definition) is 5. The van der Waals surface area contributed by atoms with Gasteiger partial charge >= 0.3 is 0 Å². The maximum absolute atomic E-state index is 12.9. The Bertz CT molecular complexity index is 784. The van der Waals surface area contributed by atoms with Crippen LogP contribution >= 0.6 is 27.3 Å². The normalized spacial score (nSPS) is 13.0. The smallest absolute Gasteiger partial charge is 0.283 e. The molecule has 3 heterocycles. The van der Waals surface area contributed by atoms with E-state index in [0.717, 1.165) is 4.88 Å². The van der Waals surface area contributed by atoms with Crippen LogP contribution in [0.2, 0.25) is 0 Å². The highest BCUT2D eigenvalue weighted by molar-refractivity contribution is 9.10. The average molecular weight is 389 g/mol. The lowest BCUT2D eigenvalue weighted by Crippen LogP contribution is -2.11. The molecule has 0 bridgehead atoms. The van der Waals surface area contributed by atoms with E-state index < -0.39 is 12.5 Å². The molecule has 0 aliphatic heterocycles. The Morgan fingerprint density at radius 1 is 1.36 bits per heavy atom. The number of hydrogen-bond donors (Lipinski definition) is 0. The molecule has 0 radical (unpaired) electrons.